The Morgan fingerprint density at radius 2 is 2.00 bits per heavy atom. The molecule has 0 spiro atoms. The predicted octanol–water partition coefficient (Wildman–Crippen LogP) is 5.87. The van der Waals surface area contributed by atoms with E-state index in [2.05, 4.69) is 35.1 Å². The molecular formula is C17H19BrClNO. The zero-order valence-corrected chi connectivity index (χ0v) is 14.8. The van der Waals surface area contributed by atoms with Crippen LogP contribution in [0.15, 0.2) is 40.9 Å². The average molecular weight is 369 g/mol. The van der Waals surface area contributed by atoms with E-state index in [4.69, 9.17) is 16.3 Å². The van der Waals surface area contributed by atoms with Crippen molar-refractivity contribution >= 4 is 27.5 Å². The van der Waals surface area contributed by atoms with Crippen molar-refractivity contribution in [2.45, 2.75) is 26.8 Å². The molecule has 4 heteroatoms. The third kappa shape index (κ3) is 4.22. The van der Waals surface area contributed by atoms with Gasteiger partial charge in [-0.25, -0.2) is 0 Å². The van der Waals surface area contributed by atoms with Gasteiger partial charge in [-0.2, -0.15) is 0 Å². The van der Waals surface area contributed by atoms with Crippen LogP contribution in [0.25, 0.3) is 0 Å². The van der Waals surface area contributed by atoms with Gasteiger partial charge in [-0.1, -0.05) is 46.6 Å². The topological polar surface area (TPSA) is 21.3 Å². The molecule has 0 amide bonds. The van der Waals surface area contributed by atoms with Crippen LogP contribution in [-0.2, 0) is 0 Å². The molecule has 0 radical (unpaired) electrons. The Hall–Kier alpha value is -1.03. The third-order valence-corrected chi connectivity index (χ3v) is 4.15. The summed E-state index contributed by atoms with van der Waals surface area (Å²) in [6.45, 7) is 7.11. The number of benzene rings is 2. The molecule has 1 unspecified atom stereocenters. The zero-order chi connectivity index (χ0) is 15.4. The highest BCUT2D eigenvalue weighted by Gasteiger charge is 2.10. The Bertz CT molecular complexity index is 630. The Balaban J connectivity index is 2.22. The van der Waals surface area contributed by atoms with Crippen molar-refractivity contribution in [3.8, 4) is 11.5 Å². The van der Waals surface area contributed by atoms with Gasteiger partial charge in [-0.05, 0) is 55.8 Å². The van der Waals surface area contributed by atoms with E-state index in [0.29, 0.717) is 5.02 Å². The number of ether oxygens (including phenoxy) is 1. The molecule has 0 aliphatic heterocycles. The maximum atomic E-state index is 6.37. The monoisotopic (exact) mass is 367 g/mol. The van der Waals surface area contributed by atoms with E-state index in [1.807, 2.05) is 43.3 Å². The molecule has 112 valence electrons. The van der Waals surface area contributed by atoms with Gasteiger partial charge in [-0.15, -0.1) is 0 Å². The van der Waals surface area contributed by atoms with Crippen molar-refractivity contribution in [3.05, 3.63) is 57.0 Å². The van der Waals surface area contributed by atoms with Gasteiger partial charge in [0, 0.05) is 15.5 Å². The number of aryl methyl sites for hydroxylation is 1. The molecule has 1 N–H and O–H groups in total. The highest BCUT2D eigenvalue weighted by atomic mass is 79.9. The smallest absolute Gasteiger partial charge is 0.131 e. The number of hydrogen-bond donors (Lipinski definition) is 1. The van der Waals surface area contributed by atoms with Crippen LogP contribution >= 0.6 is 27.5 Å². The molecule has 0 saturated carbocycles. The van der Waals surface area contributed by atoms with Crippen LogP contribution in [0.1, 0.15) is 31.0 Å². The Kier molecular flexibility index (Phi) is 5.68. The zero-order valence-electron chi connectivity index (χ0n) is 12.4. The van der Waals surface area contributed by atoms with Crippen LogP contribution in [0.3, 0.4) is 0 Å². The van der Waals surface area contributed by atoms with Crippen molar-refractivity contribution in [3.63, 3.8) is 0 Å². The normalized spacial score (nSPS) is 12.2. The molecule has 0 heterocycles. The molecule has 0 aromatic heterocycles. The SMILES string of the molecule is CCNC(C)c1ccc(Oc2cc(Br)ccc2C)cc1Cl. The van der Waals surface area contributed by atoms with E-state index >= 15 is 0 Å². The summed E-state index contributed by atoms with van der Waals surface area (Å²) in [6, 6.07) is 12.0. The number of nitrogens with one attached hydrogen (secondary N) is 1. The molecule has 2 aromatic rings. The predicted molar refractivity (Wildman–Crippen MR) is 92.5 cm³/mol. The summed E-state index contributed by atoms with van der Waals surface area (Å²) in [5.74, 6) is 1.57. The van der Waals surface area contributed by atoms with E-state index in [0.717, 1.165) is 33.6 Å². The Morgan fingerprint density at radius 1 is 1.24 bits per heavy atom. The summed E-state index contributed by atoms with van der Waals surface area (Å²) in [5.41, 5.74) is 2.16. The fraction of sp³-hybridized carbons (Fsp3) is 0.294. The van der Waals surface area contributed by atoms with E-state index < -0.39 is 0 Å². The first kappa shape index (κ1) is 16.3. The molecule has 21 heavy (non-hydrogen) atoms. The average Bonchev–Trinajstić information content (AvgIpc) is 2.43. The third-order valence-electron chi connectivity index (χ3n) is 3.33. The first-order chi connectivity index (χ1) is 10.0. The minimum atomic E-state index is 0.226. The van der Waals surface area contributed by atoms with E-state index in [9.17, 15) is 0 Å². The Morgan fingerprint density at radius 3 is 2.67 bits per heavy atom. The van der Waals surface area contributed by atoms with Gasteiger partial charge in [0.15, 0.2) is 0 Å². The first-order valence-electron chi connectivity index (χ1n) is 6.98. The molecule has 2 rings (SSSR count). The molecule has 2 nitrogen and oxygen atoms in total. The minimum Gasteiger partial charge on any atom is -0.457 e. The lowest BCUT2D eigenvalue weighted by Gasteiger charge is -2.16. The summed E-state index contributed by atoms with van der Waals surface area (Å²) in [4.78, 5) is 0. The summed E-state index contributed by atoms with van der Waals surface area (Å²) < 4.78 is 6.92. The van der Waals surface area contributed by atoms with Crippen LogP contribution in [-0.4, -0.2) is 6.54 Å². The minimum absolute atomic E-state index is 0.226. The second-order valence-corrected chi connectivity index (χ2v) is 6.30. The van der Waals surface area contributed by atoms with Gasteiger partial charge in [-0.3, -0.25) is 0 Å². The number of rotatable bonds is 5. The van der Waals surface area contributed by atoms with Gasteiger partial charge in [0.2, 0.25) is 0 Å². The molecule has 0 saturated heterocycles. The molecule has 2 aromatic carbocycles. The van der Waals surface area contributed by atoms with Crippen LogP contribution in [0.2, 0.25) is 5.02 Å². The molecule has 0 aliphatic carbocycles. The summed E-state index contributed by atoms with van der Waals surface area (Å²) in [7, 11) is 0. The first-order valence-corrected chi connectivity index (χ1v) is 8.15. The van der Waals surface area contributed by atoms with Gasteiger partial charge >= 0.3 is 0 Å². The standard InChI is InChI=1S/C17H19BrClNO/c1-4-20-12(3)15-8-7-14(10-16(15)19)21-17-9-13(18)6-5-11(17)2/h5-10,12,20H,4H2,1-3H3. The van der Waals surface area contributed by atoms with Crippen molar-refractivity contribution in [1.82, 2.24) is 5.32 Å². The maximum Gasteiger partial charge on any atom is 0.131 e. The Labute approximate surface area is 139 Å². The highest BCUT2D eigenvalue weighted by molar-refractivity contribution is 9.10. The van der Waals surface area contributed by atoms with Crippen molar-refractivity contribution < 1.29 is 4.74 Å². The lowest BCUT2D eigenvalue weighted by atomic mass is 10.1. The number of hydrogen-bond acceptors (Lipinski definition) is 2. The van der Waals surface area contributed by atoms with Crippen molar-refractivity contribution in [2.75, 3.05) is 6.54 Å². The maximum absolute atomic E-state index is 6.37. The molecule has 0 bridgehead atoms. The second-order valence-electron chi connectivity index (χ2n) is 4.97. The molecule has 0 aliphatic rings. The van der Waals surface area contributed by atoms with Crippen LogP contribution < -0.4 is 10.1 Å². The highest BCUT2D eigenvalue weighted by Crippen LogP contribution is 2.32. The van der Waals surface area contributed by atoms with Crippen LogP contribution in [0, 0.1) is 6.92 Å². The largest absolute Gasteiger partial charge is 0.457 e. The lowest BCUT2D eigenvalue weighted by Crippen LogP contribution is -2.17. The fourth-order valence-corrected chi connectivity index (χ4v) is 2.82. The van der Waals surface area contributed by atoms with E-state index in [1.54, 1.807) is 0 Å². The number of halogens is 2. The van der Waals surface area contributed by atoms with E-state index in [-0.39, 0.29) is 6.04 Å². The van der Waals surface area contributed by atoms with Gasteiger partial charge in [0.1, 0.15) is 11.5 Å². The van der Waals surface area contributed by atoms with Gasteiger partial charge < -0.3 is 10.1 Å². The van der Waals surface area contributed by atoms with E-state index in [1.165, 1.54) is 0 Å². The molecule has 0 fully saturated rings. The van der Waals surface area contributed by atoms with Gasteiger partial charge in [0.05, 0.1) is 0 Å². The quantitative estimate of drug-likeness (QED) is 0.712. The fourth-order valence-electron chi connectivity index (χ4n) is 2.15. The lowest BCUT2D eigenvalue weighted by molar-refractivity contribution is 0.478. The van der Waals surface area contributed by atoms with Crippen molar-refractivity contribution in [1.29, 1.82) is 0 Å². The summed E-state index contributed by atoms with van der Waals surface area (Å²) in [6.07, 6.45) is 0. The molecule has 1 atom stereocenters. The van der Waals surface area contributed by atoms with Crippen LogP contribution in [0.5, 0.6) is 11.5 Å². The summed E-state index contributed by atoms with van der Waals surface area (Å²) >= 11 is 9.83. The van der Waals surface area contributed by atoms with Gasteiger partial charge in [0.25, 0.3) is 0 Å². The molecular weight excluding hydrogens is 350 g/mol. The van der Waals surface area contributed by atoms with Crippen LogP contribution in [0.4, 0.5) is 0 Å². The van der Waals surface area contributed by atoms with Crippen molar-refractivity contribution in [2.24, 2.45) is 0 Å². The summed E-state index contributed by atoms with van der Waals surface area (Å²) in [5, 5.41) is 4.07. The second kappa shape index (κ2) is 7.30.